The van der Waals surface area contributed by atoms with Crippen LogP contribution in [0.5, 0.6) is 0 Å². The smallest absolute Gasteiger partial charge is 0.259 e. The molecule has 0 bridgehead atoms. The van der Waals surface area contributed by atoms with Gasteiger partial charge in [0.15, 0.2) is 5.03 Å². The molecule has 2 atom stereocenters. The summed E-state index contributed by atoms with van der Waals surface area (Å²) >= 11 is 0. The molecule has 1 aliphatic carbocycles. The minimum atomic E-state index is -3.53. The zero-order valence-corrected chi connectivity index (χ0v) is 14.3. The summed E-state index contributed by atoms with van der Waals surface area (Å²) in [6, 6.07) is -0.0486. The van der Waals surface area contributed by atoms with Crippen molar-refractivity contribution in [2.75, 3.05) is 6.54 Å². The highest BCUT2D eigenvalue weighted by molar-refractivity contribution is 7.89. The first-order valence-corrected chi connectivity index (χ1v) is 9.37. The molecule has 3 rings (SSSR count). The Balaban J connectivity index is 0.00000176. The van der Waals surface area contributed by atoms with E-state index in [0.717, 1.165) is 57.3 Å². The Labute approximate surface area is 138 Å². The number of hydrogen-bond donors (Lipinski definition) is 2. The molecule has 0 radical (unpaired) electrons. The topological polar surface area (TPSA) is 90.0 Å². The third-order valence-corrected chi connectivity index (χ3v) is 6.04. The number of imidazole rings is 1. The van der Waals surface area contributed by atoms with Crippen molar-refractivity contribution in [3.05, 3.63) is 12.0 Å². The standard InChI is InChI=1S/C14H24N4O2S.ClH/c15-9-11-5-1-2-6-12(11)17-21(19,20)14-10-18-8-4-3-7-13(18)16-14;/h10-12,17H,1-9,15H2;1H. The first kappa shape index (κ1) is 17.7. The maximum Gasteiger partial charge on any atom is 0.259 e. The summed E-state index contributed by atoms with van der Waals surface area (Å²) < 4.78 is 29.9. The van der Waals surface area contributed by atoms with Crippen LogP contribution in [0.15, 0.2) is 11.2 Å². The van der Waals surface area contributed by atoms with E-state index >= 15 is 0 Å². The Morgan fingerprint density at radius 2 is 2.05 bits per heavy atom. The van der Waals surface area contributed by atoms with Gasteiger partial charge in [-0.3, -0.25) is 0 Å². The highest BCUT2D eigenvalue weighted by atomic mass is 35.5. The molecule has 126 valence electrons. The molecule has 6 nitrogen and oxygen atoms in total. The number of sulfonamides is 1. The van der Waals surface area contributed by atoms with Gasteiger partial charge in [0.1, 0.15) is 5.82 Å². The van der Waals surface area contributed by atoms with Crippen LogP contribution in [-0.4, -0.2) is 30.6 Å². The summed E-state index contributed by atoms with van der Waals surface area (Å²) in [7, 11) is -3.53. The van der Waals surface area contributed by atoms with Gasteiger partial charge in [-0.25, -0.2) is 18.1 Å². The van der Waals surface area contributed by atoms with Gasteiger partial charge in [0.05, 0.1) is 0 Å². The van der Waals surface area contributed by atoms with E-state index < -0.39 is 10.0 Å². The Bertz CT molecular complexity index is 578. The summed E-state index contributed by atoms with van der Waals surface area (Å²) in [6.45, 7) is 1.40. The summed E-state index contributed by atoms with van der Waals surface area (Å²) in [6.07, 6.45) is 8.79. The maximum atomic E-state index is 12.6. The largest absolute Gasteiger partial charge is 0.333 e. The molecule has 0 spiro atoms. The van der Waals surface area contributed by atoms with Gasteiger partial charge in [-0.1, -0.05) is 12.8 Å². The first-order chi connectivity index (χ1) is 10.1. The van der Waals surface area contributed by atoms with E-state index in [9.17, 15) is 8.42 Å². The van der Waals surface area contributed by atoms with Crippen LogP contribution >= 0.6 is 12.4 Å². The number of fused-ring (bicyclic) bond motifs is 1. The van der Waals surface area contributed by atoms with Crippen molar-refractivity contribution < 1.29 is 8.42 Å². The number of hydrogen-bond acceptors (Lipinski definition) is 4. The minimum absolute atomic E-state index is 0. The highest BCUT2D eigenvalue weighted by Gasteiger charge is 2.30. The quantitative estimate of drug-likeness (QED) is 0.861. The maximum absolute atomic E-state index is 12.6. The predicted octanol–water partition coefficient (Wildman–Crippen LogP) is 1.44. The van der Waals surface area contributed by atoms with E-state index in [-0.39, 0.29) is 29.4 Å². The molecule has 2 unspecified atom stereocenters. The number of nitrogens with one attached hydrogen (secondary N) is 1. The minimum Gasteiger partial charge on any atom is -0.333 e. The van der Waals surface area contributed by atoms with Crippen LogP contribution in [0.1, 0.15) is 44.3 Å². The van der Waals surface area contributed by atoms with Crippen LogP contribution in [0.3, 0.4) is 0 Å². The Kier molecular flexibility index (Phi) is 5.87. The van der Waals surface area contributed by atoms with E-state index in [4.69, 9.17) is 5.73 Å². The molecule has 1 aliphatic heterocycles. The van der Waals surface area contributed by atoms with E-state index in [1.165, 1.54) is 0 Å². The van der Waals surface area contributed by atoms with Gasteiger partial charge in [0.2, 0.25) is 0 Å². The molecule has 3 N–H and O–H groups in total. The predicted molar refractivity (Wildman–Crippen MR) is 87.5 cm³/mol. The number of nitrogens with zero attached hydrogens (tertiary/aromatic N) is 2. The van der Waals surface area contributed by atoms with Gasteiger partial charge >= 0.3 is 0 Å². The van der Waals surface area contributed by atoms with Crippen LogP contribution in [0.2, 0.25) is 0 Å². The van der Waals surface area contributed by atoms with Crippen LogP contribution in [0.25, 0.3) is 0 Å². The van der Waals surface area contributed by atoms with E-state index in [1.807, 2.05) is 4.57 Å². The van der Waals surface area contributed by atoms with Crippen LogP contribution < -0.4 is 10.5 Å². The monoisotopic (exact) mass is 348 g/mol. The van der Waals surface area contributed by atoms with Gasteiger partial charge in [0.25, 0.3) is 10.0 Å². The molecule has 2 aliphatic rings. The molecule has 1 aromatic heterocycles. The SMILES string of the molecule is Cl.NCC1CCCCC1NS(=O)(=O)c1cn2c(n1)CCCC2. The van der Waals surface area contributed by atoms with Crippen LogP contribution in [0.4, 0.5) is 0 Å². The highest BCUT2D eigenvalue weighted by Crippen LogP contribution is 2.25. The number of nitrogens with two attached hydrogens (primary N) is 1. The number of rotatable bonds is 4. The molecular weight excluding hydrogens is 324 g/mol. The molecule has 1 aromatic rings. The van der Waals surface area contributed by atoms with Crippen LogP contribution in [-0.2, 0) is 23.0 Å². The van der Waals surface area contributed by atoms with E-state index in [2.05, 4.69) is 9.71 Å². The second-order valence-electron chi connectivity index (χ2n) is 6.15. The number of halogens is 1. The second-order valence-corrected chi connectivity index (χ2v) is 7.81. The zero-order chi connectivity index (χ0) is 14.9. The summed E-state index contributed by atoms with van der Waals surface area (Å²) in [5.74, 6) is 1.13. The lowest BCUT2D eigenvalue weighted by Crippen LogP contribution is -2.44. The average molecular weight is 349 g/mol. The van der Waals surface area contributed by atoms with Gasteiger partial charge in [0, 0.05) is 25.2 Å². The fourth-order valence-electron chi connectivity index (χ4n) is 3.42. The van der Waals surface area contributed by atoms with Crippen molar-refractivity contribution in [1.29, 1.82) is 0 Å². The van der Waals surface area contributed by atoms with Crippen molar-refractivity contribution in [3.8, 4) is 0 Å². The molecule has 0 saturated heterocycles. The summed E-state index contributed by atoms with van der Waals surface area (Å²) in [4.78, 5) is 4.32. The third-order valence-electron chi connectivity index (χ3n) is 4.68. The average Bonchev–Trinajstić information content (AvgIpc) is 2.92. The van der Waals surface area contributed by atoms with Gasteiger partial charge in [-0.15, -0.1) is 12.4 Å². The molecule has 1 saturated carbocycles. The Morgan fingerprint density at radius 3 is 2.77 bits per heavy atom. The zero-order valence-electron chi connectivity index (χ0n) is 12.7. The first-order valence-electron chi connectivity index (χ1n) is 7.88. The van der Waals surface area contributed by atoms with Gasteiger partial charge in [-0.05, 0) is 38.1 Å². The van der Waals surface area contributed by atoms with Crippen molar-refractivity contribution in [2.45, 2.75) is 62.6 Å². The lowest BCUT2D eigenvalue weighted by Gasteiger charge is -2.30. The van der Waals surface area contributed by atoms with Crippen molar-refractivity contribution in [3.63, 3.8) is 0 Å². The molecular formula is C14H25ClN4O2S. The fraction of sp³-hybridized carbons (Fsp3) is 0.786. The van der Waals surface area contributed by atoms with E-state index in [0.29, 0.717) is 6.54 Å². The summed E-state index contributed by atoms with van der Waals surface area (Å²) in [5.41, 5.74) is 5.78. The van der Waals surface area contributed by atoms with Crippen molar-refractivity contribution >= 4 is 22.4 Å². The van der Waals surface area contributed by atoms with E-state index in [1.54, 1.807) is 6.20 Å². The van der Waals surface area contributed by atoms with Crippen molar-refractivity contribution in [2.24, 2.45) is 11.7 Å². The number of aryl methyl sites for hydroxylation is 2. The Morgan fingerprint density at radius 1 is 1.27 bits per heavy atom. The summed E-state index contributed by atoms with van der Waals surface area (Å²) in [5, 5.41) is 0.167. The van der Waals surface area contributed by atoms with Crippen LogP contribution in [0, 0.1) is 5.92 Å². The lowest BCUT2D eigenvalue weighted by molar-refractivity contribution is 0.296. The van der Waals surface area contributed by atoms with Gasteiger partial charge in [-0.2, -0.15) is 0 Å². The molecule has 22 heavy (non-hydrogen) atoms. The molecule has 0 amide bonds. The lowest BCUT2D eigenvalue weighted by atomic mass is 9.85. The molecule has 1 fully saturated rings. The molecule has 2 heterocycles. The second kappa shape index (κ2) is 7.29. The fourth-order valence-corrected chi connectivity index (χ4v) is 4.74. The van der Waals surface area contributed by atoms with Gasteiger partial charge < -0.3 is 10.3 Å². The van der Waals surface area contributed by atoms with Crippen molar-refractivity contribution in [1.82, 2.24) is 14.3 Å². The molecule has 8 heteroatoms. The normalized spacial score (nSPS) is 25.3. The Hall–Kier alpha value is -0.630. The third kappa shape index (κ3) is 3.64. The molecule has 0 aromatic carbocycles. The number of aromatic nitrogens is 2.